The van der Waals surface area contributed by atoms with Gasteiger partial charge in [-0.05, 0) is 73.5 Å². The van der Waals surface area contributed by atoms with Crippen LogP contribution in [0.25, 0.3) is 5.57 Å². The normalized spacial score (nSPS) is 26.7. The van der Waals surface area contributed by atoms with E-state index in [0.29, 0.717) is 10.8 Å². The second-order valence-corrected chi connectivity index (χ2v) is 10.9. The number of allylic oxidation sites excluding steroid dienone is 1. The lowest BCUT2D eigenvalue weighted by Crippen LogP contribution is -2.36. The van der Waals surface area contributed by atoms with E-state index in [1.165, 1.54) is 42.6 Å². The summed E-state index contributed by atoms with van der Waals surface area (Å²) < 4.78 is 26.6. The Bertz CT molecular complexity index is 1010. The third kappa shape index (κ3) is 3.75. The first-order valence-electron chi connectivity index (χ1n) is 11.2. The van der Waals surface area contributed by atoms with Crippen LogP contribution in [-0.4, -0.2) is 44.9 Å². The molecule has 1 N–H and O–H groups in total. The summed E-state index contributed by atoms with van der Waals surface area (Å²) in [5.74, 6) is 0.379. The van der Waals surface area contributed by atoms with Crippen molar-refractivity contribution in [2.75, 3.05) is 26.2 Å². The zero-order chi connectivity index (χ0) is 20.6. The van der Waals surface area contributed by atoms with Crippen LogP contribution in [0.4, 0.5) is 0 Å². The van der Waals surface area contributed by atoms with Crippen LogP contribution in [0.2, 0.25) is 0 Å². The molecule has 2 fully saturated rings. The Morgan fingerprint density at radius 2 is 1.70 bits per heavy atom. The van der Waals surface area contributed by atoms with Gasteiger partial charge in [-0.25, -0.2) is 8.42 Å². The predicted molar refractivity (Wildman–Crippen MR) is 121 cm³/mol. The molecule has 0 bridgehead atoms. The van der Waals surface area contributed by atoms with Gasteiger partial charge in [0.1, 0.15) is 5.37 Å². The lowest BCUT2D eigenvalue weighted by Gasteiger charge is -2.23. The van der Waals surface area contributed by atoms with Crippen molar-refractivity contribution in [3.8, 4) is 0 Å². The fourth-order valence-electron chi connectivity index (χ4n) is 5.36. The molecule has 3 aliphatic rings. The summed E-state index contributed by atoms with van der Waals surface area (Å²) >= 11 is 0. The molecule has 30 heavy (non-hydrogen) atoms. The molecular formula is C25H30N2O2S. The van der Waals surface area contributed by atoms with Crippen LogP contribution >= 0.6 is 0 Å². The van der Waals surface area contributed by atoms with Gasteiger partial charge < -0.3 is 10.2 Å². The van der Waals surface area contributed by atoms with Crippen LogP contribution in [0.5, 0.6) is 0 Å². The summed E-state index contributed by atoms with van der Waals surface area (Å²) in [6, 6.07) is 17.7. The van der Waals surface area contributed by atoms with E-state index in [1.807, 2.05) is 6.07 Å². The summed E-state index contributed by atoms with van der Waals surface area (Å²) in [6.07, 6.45) is 6.96. The summed E-state index contributed by atoms with van der Waals surface area (Å²) in [7, 11) is -3.42. The van der Waals surface area contributed by atoms with E-state index in [2.05, 4.69) is 40.6 Å². The van der Waals surface area contributed by atoms with Gasteiger partial charge in [-0.15, -0.1) is 0 Å². The molecule has 3 atom stereocenters. The zero-order valence-corrected chi connectivity index (χ0v) is 18.2. The fourth-order valence-corrected chi connectivity index (χ4v) is 7.26. The summed E-state index contributed by atoms with van der Waals surface area (Å²) in [5.41, 5.74) is 3.73. The Balaban J connectivity index is 1.33. The van der Waals surface area contributed by atoms with Crippen molar-refractivity contribution in [3.63, 3.8) is 0 Å². The summed E-state index contributed by atoms with van der Waals surface area (Å²) in [6.45, 7) is 4.36. The number of benzene rings is 2. The molecule has 0 amide bonds. The highest BCUT2D eigenvalue weighted by Crippen LogP contribution is 2.45. The van der Waals surface area contributed by atoms with Crippen molar-refractivity contribution in [1.29, 1.82) is 0 Å². The van der Waals surface area contributed by atoms with Gasteiger partial charge >= 0.3 is 0 Å². The van der Waals surface area contributed by atoms with E-state index in [0.717, 1.165) is 25.9 Å². The highest BCUT2D eigenvalue weighted by molar-refractivity contribution is 7.92. The molecule has 2 saturated heterocycles. The molecule has 5 heteroatoms. The number of likely N-dealkylation sites (tertiary alicyclic amines) is 1. The highest BCUT2D eigenvalue weighted by Gasteiger charge is 2.47. The van der Waals surface area contributed by atoms with E-state index in [9.17, 15) is 8.42 Å². The van der Waals surface area contributed by atoms with E-state index in [4.69, 9.17) is 0 Å². The molecule has 2 heterocycles. The maximum atomic E-state index is 13.3. The molecule has 2 aliphatic heterocycles. The fraction of sp³-hybridized carbons (Fsp3) is 0.440. The topological polar surface area (TPSA) is 49.4 Å². The van der Waals surface area contributed by atoms with Crippen LogP contribution in [-0.2, 0) is 16.3 Å². The first-order chi connectivity index (χ1) is 14.6. The van der Waals surface area contributed by atoms with Gasteiger partial charge in [0.15, 0.2) is 9.84 Å². The molecule has 2 aromatic carbocycles. The number of hydrogen-bond donors (Lipinski definition) is 1. The Labute approximate surface area is 179 Å². The Hall–Kier alpha value is -1.95. The number of nitrogens with one attached hydrogen (secondary N) is 1. The Kier molecular flexibility index (Phi) is 5.52. The average molecular weight is 423 g/mol. The minimum Gasteiger partial charge on any atom is -0.303 e. The lowest BCUT2D eigenvalue weighted by atomic mass is 9.90. The van der Waals surface area contributed by atoms with E-state index in [-0.39, 0.29) is 5.92 Å². The van der Waals surface area contributed by atoms with Crippen LogP contribution < -0.4 is 5.32 Å². The second-order valence-electron chi connectivity index (χ2n) is 8.86. The second kappa shape index (κ2) is 8.29. The standard InChI is InChI=1S/C25H30N2O2S/c28-30(29,22-6-2-1-3-7-22)25-24-21(18-26-25)12-13-23(24)20-10-8-19(9-11-20)14-17-27-15-4-5-16-27/h1-3,6-11,13,21,24-26H,4-5,12,14-18H2. The lowest BCUT2D eigenvalue weighted by molar-refractivity contribution is 0.343. The van der Waals surface area contributed by atoms with Crippen LogP contribution in [0.3, 0.4) is 0 Å². The van der Waals surface area contributed by atoms with E-state index >= 15 is 0 Å². The number of fused-ring (bicyclic) bond motifs is 1. The van der Waals surface area contributed by atoms with Crippen LogP contribution in [0.15, 0.2) is 65.6 Å². The van der Waals surface area contributed by atoms with Crippen molar-refractivity contribution in [3.05, 3.63) is 71.8 Å². The van der Waals surface area contributed by atoms with Gasteiger partial charge in [0, 0.05) is 19.0 Å². The largest absolute Gasteiger partial charge is 0.303 e. The van der Waals surface area contributed by atoms with Gasteiger partial charge in [0.25, 0.3) is 0 Å². The number of nitrogens with zero attached hydrogens (tertiary/aromatic N) is 1. The number of hydrogen-bond acceptors (Lipinski definition) is 4. The Morgan fingerprint density at radius 1 is 0.967 bits per heavy atom. The third-order valence-electron chi connectivity index (χ3n) is 7.02. The SMILES string of the molecule is O=S(=O)(c1ccccc1)C1NCC2CC=C(c3ccc(CCN4CCCC4)cc3)C21. The molecule has 1 aliphatic carbocycles. The predicted octanol–water partition coefficient (Wildman–Crippen LogP) is 3.75. The van der Waals surface area contributed by atoms with Crippen LogP contribution in [0, 0.1) is 11.8 Å². The van der Waals surface area contributed by atoms with E-state index < -0.39 is 15.2 Å². The molecule has 0 radical (unpaired) electrons. The van der Waals surface area contributed by atoms with Gasteiger partial charge in [-0.1, -0.05) is 48.5 Å². The smallest absolute Gasteiger partial charge is 0.194 e. The molecular weight excluding hydrogens is 392 g/mol. The van der Waals surface area contributed by atoms with Crippen LogP contribution in [0.1, 0.15) is 30.4 Å². The highest BCUT2D eigenvalue weighted by atomic mass is 32.2. The van der Waals surface area contributed by atoms with Gasteiger partial charge in [0.2, 0.25) is 0 Å². The van der Waals surface area contributed by atoms with Crippen molar-refractivity contribution < 1.29 is 8.42 Å². The average Bonchev–Trinajstić information content (AvgIpc) is 3.51. The summed E-state index contributed by atoms with van der Waals surface area (Å²) in [4.78, 5) is 2.95. The first-order valence-corrected chi connectivity index (χ1v) is 12.7. The zero-order valence-electron chi connectivity index (χ0n) is 17.3. The molecule has 5 rings (SSSR count). The van der Waals surface area contributed by atoms with Crippen molar-refractivity contribution in [2.24, 2.45) is 11.8 Å². The maximum Gasteiger partial charge on any atom is 0.194 e. The third-order valence-corrected chi connectivity index (χ3v) is 9.08. The molecule has 3 unspecified atom stereocenters. The van der Waals surface area contributed by atoms with E-state index in [1.54, 1.807) is 24.3 Å². The number of sulfone groups is 1. The van der Waals surface area contributed by atoms with Gasteiger partial charge in [0.05, 0.1) is 4.90 Å². The molecule has 0 spiro atoms. The van der Waals surface area contributed by atoms with Gasteiger partial charge in [-0.3, -0.25) is 0 Å². The molecule has 4 nitrogen and oxygen atoms in total. The summed E-state index contributed by atoms with van der Waals surface area (Å²) in [5, 5.41) is 2.78. The Morgan fingerprint density at radius 3 is 2.43 bits per heavy atom. The molecule has 0 aromatic heterocycles. The first kappa shape index (κ1) is 20.0. The van der Waals surface area contributed by atoms with Crippen molar-refractivity contribution in [2.45, 2.75) is 36.0 Å². The maximum absolute atomic E-state index is 13.3. The minimum atomic E-state index is -3.42. The molecule has 158 valence electrons. The number of rotatable bonds is 6. The monoisotopic (exact) mass is 422 g/mol. The quantitative estimate of drug-likeness (QED) is 0.770. The molecule has 0 saturated carbocycles. The van der Waals surface area contributed by atoms with Gasteiger partial charge in [-0.2, -0.15) is 0 Å². The van der Waals surface area contributed by atoms with Crippen molar-refractivity contribution in [1.82, 2.24) is 10.2 Å². The van der Waals surface area contributed by atoms with Crippen molar-refractivity contribution >= 4 is 15.4 Å². The minimum absolute atomic E-state index is 0.0191. The molecule has 2 aromatic rings.